The zero-order valence-electron chi connectivity index (χ0n) is 12.8. The molecular weight excluding hydrogens is 254 g/mol. The molecule has 21 heavy (non-hydrogen) atoms. The minimum Gasteiger partial charge on any atom is -0.192 e. The molecule has 1 nitrogen and oxygen atoms in total. The Kier molecular flexibility index (Phi) is 4.95. The van der Waals surface area contributed by atoms with Crippen molar-refractivity contribution in [1.82, 2.24) is 0 Å². The van der Waals surface area contributed by atoms with E-state index in [1.165, 1.54) is 24.0 Å². The lowest BCUT2D eigenvalue weighted by Gasteiger charge is -2.11. The second kappa shape index (κ2) is 6.90. The van der Waals surface area contributed by atoms with Crippen molar-refractivity contribution in [1.29, 1.82) is 5.26 Å². The number of nitriles is 1. The normalized spacial score (nSPS) is 10.1. The molecule has 106 valence electrons. The first kappa shape index (κ1) is 15.1. The average Bonchev–Trinajstić information content (AvgIpc) is 2.52. The summed E-state index contributed by atoms with van der Waals surface area (Å²) in [5.41, 5.74) is 6.41. The largest absolute Gasteiger partial charge is 0.192 e. The lowest BCUT2D eigenvalue weighted by Crippen LogP contribution is -1.90. The van der Waals surface area contributed by atoms with Crippen LogP contribution in [0, 0.1) is 11.3 Å². The third-order valence-electron chi connectivity index (χ3n) is 3.69. The van der Waals surface area contributed by atoms with E-state index in [-0.39, 0.29) is 0 Å². The number of hydrogen-bond donors (Lipinski definition) is 0. The van der Waals surface area contributed by atoms with Crippen molar-refractivity contribution in [2.75, 3.05) is 0 Å². The van der Waals surface area contributed by atoms with Crippen molar-refractivity contribution in [2.45, 2.75) is 33.1 Å². The Bertz CT molecular complexity index is 672. The van der Waals surface area contributed by atoms with E-state index in [4.69, 9.17) is 5.26 Å². The van der Waals surface area contributed by atoms with Crippen molar-refractivity contribution >= 4 is 5.57 Å². The van der Waals surface area contributed by atoms with Gasteiger partial charge in [0.15, 0.2) is 0 Å². The Morgan fingerprint density at radius 3 is 2.43 bits per heavy atom. The number of benzene rings is 2. The maximum Gasteiger partial charge on any atom is 0.0991 e. The van der Waals surface area contributed by atoms with Gasteiger partial charge >= 0.3 is 0 Å². The molecule has 0 aliphatic carbocycles. The van der Waals surface area contributed by atoms with E-state index in [0.717, 1.165) is 23.1 Å². The Labute approximate surface area is 127 Å². The smallest absolute Gasteiger partial charge is 0.0991 e. The molecule has 0 heterocycles. The molecule has 2 rings (SSSR count). The van der Waals surface area contributed by atoms with E-state index in [9.17, 15) is 0 Å². The average molecular weight is 275 g/mol. The molecule has 2 aromatic carbocycles. The summed E-state index contributed by atoms with van der Waals surface area (Å²) in [5, 5.41) is 9.04. The maximum absolute atomic E-state index is 9.04. The molecule has 0 saturated heterocycles. The molecule has 0 radical (unpaired) electrons. The molecule has 0 aliphatic heterocycles. The van der Waals surface area contributed by atoms with Crippen molar-refractivity contribution < 1.29 is 0 Å². The second-order valence-electron chi connectivity index (χ2n) is 5.45. The van der Waals surface area contributed by atoms with Gasteiger partial charge in [-0.2, -0.15) is 5.26 Å². The second-order valence-corrected chi connectivity index (χ2v) is 5.45. The van der Waals surface area contributed by atoms with Crippen LogP contribution in [0.2, 0.25) is 0 Å². The molecule has 0 atom stereocenters. The number of hydrogen-bond acceptors (Lipinski definition) is 1. The molecule has 0 spiro atoms. The Morgan fingerprint density at radius 1 is 1.14 bits per heavy atom. The summed E-state index contributed by atoms with van der Waals surface area (Å²) in [7, 11) is 0. The molecule has 0 N–H and O–H groups in total. The first-order chi connectivity index (χ1) is 10.2. The summed E-state index contributed by atoms with van der Waals surface area (Å²) < 4.78 is 0. The van der Waals surface area contributed by atoms with Gasteiger partial charge in [0.1, 0.15) is 0 Å². The first-order valence-corrected chi connectivity index (χ1v) is 7.45. The van der Waals surface area contributed by atoms with Crippen molar-refractivity contribution in [3.05, 3.63) is 65.7 Å². The zero-order chi connectivity index (χ0) is 15.2. The van der Waals surface area contributed by atoms with Gasteiger partial charge in [0, 0.05) is 0 Å². The van der Waals surface area contributed by atoms with Crippen LogP contribution in [-0.4, -0.2) is 0 Å². The highest BCUT2D eigenvalue weighted by Crippen LogP contribution is 2.29. The van der Waals surface area contributed by atoms with Crippen molar-refractivity contribution in [3.8, 4) is 17.2 Å². The Balaban J connectivity index is 2.37. The highest BCUT2D eigenvalue weighted by atomic mass is 14.2. The summed E-state index contributed by atoms with van der Waals surface area (Å²) >= 11 is 0. The zero-order valence-corrected chi connectivity index (χ0v) is 12.8. The number of aryl methyl sites for hydroxylation is 1. The van der Waals surface area contributed by atoms with Crippen LogP contribution in [0.25, 0.3) is 16.7 Å². The van der Waals surface area contributed by atoms with Crippen molar-refractivity contribution in [3.63, 3.8) is 0 Å². The standard InChI is InChI=1S/C20H21N/c1-4-5-6-16-7-10-18(11-8-16)19-12-9-17(14-21)13-20(19)15(2)3/h7-13H,2,4-6H2,1,3H3. The number of allylic oxidation sites excluding steroid dienone is 1. The third kappa shape index (κ3) is 3.61. The van der Waals surface area contributed by atoms with Gasteiger partial charge in [-0.3, -0.25) is 0 Å². The van der Waals surface area contributed by atoms with Crippen LogP contribution in [0.1, 0.15) is 43.4 Å². The van der Waals surface area contributed by atoms with Gasteiger partial charge in [-0.25, -0.2) is 0 Å². The predicted molar refractivity (Wildman–Crippen MR) is 89.9 cm³/mol. The van der Waals surface area contributed by atoms with Crippen LogP contribution in [0.5, 0.6) is 0 Å². The van der Waals surface area contributed by atoms with Gasteiger partial charge in [-0.1, -0.05) is 55.8 Å². The molecule has 2 aromatic rings. The van der Waals surface area contributed by atoms with E-state index in [2.05, 4.69) is 43.8 Å². The van der Waals surface area contributed by atoms with Crippen LogP contribution in [0.3, 0.4) is 0 Å². The molecule has 0 fully saturated rings. The first-order valence-electron chi connectivity index (χ1n) is 7.45. The van der Waals surface area contributed by atoms with Gasteiger partial charge in [-0.05, 0) is 54.2 Å². The molecule has 0 unspecified atom stereocenters. The molecule has 0 aliphatic rings. The predicted octanol–water partition coefficient (Wildman–Crippen LogP) is 5.60. The number of unbranched alkanes of at least 4 members (excludes halogenated alkanes) is 1. The topological polar surface area (TPSA) is 23.8 Å². The molecule has 0 saturated carbocycles. The van der Waals surface area contributed by atoms with E-state index >= 15 is 0 Å². The quantitative estimate of drug-likeness (QED) is 0.696. The Morgan fingerprint density at radius 2 is 1.86 bits per heavy atom. The molecule has 0 aromatic heterocycles. The maximum atomic E-state index is 9.04. The van der Waals surface area contributed by atoms with Crippen LogP contribution in [-0.2, 0) is 6.42 Å². The highest BCUT2D eigenvalue weighted by Gasteiger charge is 2.07. The summed E-state index contributed by atoms with van der Waals surface area (Å²) in [6.45, 7) is 8.23. The lowest BCUT2D eigenvalue weighted by molar-refractivity contribution is 0.795. The van der Waals surface area contributed by atoms with Gasteiger partial charge in [0.2, 0.25) is 0 Å². The van der Waals surface area contributed by atoms with E-state index < -0.39 is 0 Å². The van der Waals surface area contributed by atoms with Gasteiger partial charge in [0.25, 0.3) is 0 Å². The Hall–Kier alpha value is -2.33. The fourth-order valence-electron chi connectivity index (χ4n) is 2.45. The van der Waals surface area contributed by atoms with Crippen LogP contribution >= 0.6 is 0 Å². The molecule has 0 bridgehead atoms. The lowest BCUT2D eigenvalue weighted by atomic mass is 9.93. The summed E-state index contributed by atoms with van der Waals surface area (Å²) in [5.74, 6) is 0. The summed E-state index contributed by atoms with van der Waals surface area (Å²) in [6.07, 6.45) is 3.59. The molecular formula is C20H21N. The minimum absolute atomic E-state index is 0.677. The van der Waals surface area contributed by atoms with Crippen molar-refractivity contribution in [2.24, 2.45) is 0 Å². The fraction of sp³-hybridized carbons (Fsp3) is 0.250. The van der Waals surface area contributed by atoms with Crippen LogP contribution < -0.4 is 0 Å². The SMILES string of the molecule is C=C(C)c1cc(C#N)ccc1-c1ccc(CCCC)cc1. The number of nitrogens with zero attached hydrogens (tertiary/aromatic N) is 1. The van der Waals surface area contributed by atoms with Crippen LogP contribution in [0.15, 0.2) is 49.0 Å². The van der Waals surface area contributed by atoms with E-state index in [1.807, 2.05) is 25.1 Å². The monoisotopic (exact) mass is 275 g/mol. The fourth-order valence-corrected chi connectivity index (χ4v) is 2.45. The number of rotatable bonds is 5. The van der Waals surface area contributed by atoms with Crippen LogP contribution in [0.4, 0.5) is 0 Å². The van der Waals surface area contributed by atoms with Gasteiger partial charge in [-0.15, -0.1) is 0 Å². The van der Waals surface area contributed by atoms with E-state index in [1.54, 1.807) is 0 Å². The minimum atomic E-state index is 0.677. The third-order valence-corrected chi connectivity index (χ3v) is 3.69. The summed E-state index contributed by atoms with van der Waals surface area (Å²) in [6, 6.07) is 16.7. The summed E-state index contributed by atoms with van der Waals surface area (Å²) in [4.78, 5) is 0. The highest BCUT2D eigenvalue weighted by molar-refractivity contribution is 5.80. The van der Waals surface area contributed by atoms with Gasteiger partial charge in [0.05, 0.1) is 11.6 Å². The van der Waals surface area contributed by atoms with Gasteiger partial charge < -0.3 is 0 Å². The van der Waals surface area contributed by atoms with E-state index in [0.29, 0.717) is 5.56 Å². The molecule has 0 amide bonds. The molecule has 1 heteroatoms.